The van der Waals surface area contributed by atoms with E-state index in [9.17, 15) is 9.59 Å². The van der Waals surface area contributed by atoms with Crippen molar-refractivity contribution < 1.29 is 27.6 Å². The average Bonchev–Trinajstić information content (AvgIpc) is 3.98. The number of furan rings is 1. The standard InChI is InChI=1S/C42H35FN3O5P/c1-3-27-17-20-35(49-4-2)32(22-27)38(47)33-26-52-39(42(48)46(24-28-12-7-5-8-13-28)25-29-14-9-6-10-15-29)37(33)31-23-30(18-19-34(31)43)40-44-45-41(51-40)36-16-11-21-50-36/h5-23,26,52H,3-4,24-25H2,1-2H3. The lowest BCUT2D eigenvalue weighted by molar-refractivity contribution is 0.0736. The van der Waals surface area contributed by atoms with Gasteiger partial charge in [-0.25, -0.2) is 4.39 Å². The number of hydrogen-bond donors (Lipinski definition) is 0. The summed E-state index contributed by atoms with van der Waals surface area (Å²) in [4.78, 5) is 31.2. The largest absolute Gasteiger partial charge is 0.493 e. The molecule has 0 bridgehead atoms. The molecular weight excluding hydrogens is 676 g/mol. The van der Waals surface area contributed by atoms with Gasteiger partial charge in [0, 0.05) is 35.3 Å². The molecule has 0 aliphatic heterocycles. The lowest BCUT2D eigenvalue weighted by Crippen LogP contribution is -2.30. The summed E-state index contributed by atoms with van der Waals surface area (Å²) in [5, 5.41) is 8.62. The highest BCUT2D eigenvalue weighted by molar-refractivity contribution is 7.32. The number of benzene rings is 4. The van der Waals surface area contributed by atoms with Crippen LogP contribution in [0.5, 0.6) is 5.75 Å². The van der Waals surface area contributed by atoms with Gasteiger partial charge in [0.05, 0.1) is 23.7 Å². The number of amides is 1. The zero-order valence-electron chi connectivity index (χ0n) is 28.6. The molecule has 4 aromatic carbocycles. The number of nitrogens with zero attached hydrogens (tertiary/aromatic N) is 3. The van der Waals surface area contributed by atoms with Crippen LogP contribution in [0.4, 0.5) is 4.39 Å². The number of aromatic nitrogens is 2. The zero-order chi connectivity index (χ0) is 36.0. The molecule has 1 unspecified atom stereocenters. The molecule has 0 fully saturated rings. The predicted molar refractivity (Wildman–Crippen MR) is 199 cm³/mol. The van der Waals surface area contributed by atoms with Crippen molar-refractivity contribution in [3.63, 3.8) is 0 Å². The van der Waals surface area contributed by atoms with Crippen molar-refractivity contribution in [2.24, 2.45) is 0 Å². The van der Waals surface area contributed by atoms with Crippen LogP contribution in [0.25, 0.3) is 34.2 Å². The Kier molecular flexibility index (Phi) is 10.2. The lowest BCUT2D eigenvalue weighted by atomic mass is 9.93. The Bertz CT molecular complexity index is 2280. The van der Waals surface area contributed by atoms with Crippen LogP contribution in [0.3, 0.4) is 0 Å². The van der Waals surface area contributed by atoms with Crippen molar-refractivity contribution in [3.8, 4) is 40.0 Å². The fraction of sp³-hybridized carbons (Fsp3) is 0.143. The van der Waals surface area contributed by atoms with Crippen LogP contribution in [-0.4, -0.2) is 33.4 Å². The minimum Gasteiger partial charge on any atom is -0.493 e. The van der Waals surface area contributed by atoms with Gasteiger partial charge in [0.1, 0.15) is 11.6 Å². The van der Waals surface area contributed by atoms with Crippen LogP contribution in [0, 0.1) is 5.82 Å². The quantitative estimate of drug-likeness (QED) is 0.110. The monoisotopic (exact) mass is 711 g/mol. The van der Waals surface area contributed by atoms with Gasteiger partial charge in [0.2, 0.25) is 5.89 Å². The number of halogens is 1. The summed E-state index contributed by atoms with van der Waals surface area (Å²) in [6.07, 6.45) is 2.20. The second kappa shape index (κ2) is 15.5. The number of rotatable bonds is 13. The average molecular weight is 712 g/mol. The van der Waals surface area contributed by atoms with E-state index in [1.165, 1.54) is 18.4 Å². The Labute approximate surface area is 302 Å². The van der Waals surface area contributed by atoms with Gasteiger partial charge in [-0.3, -0.25) is 9.59 Å². The van der Waals surface area contributed by atoms with E-state index in [1.54, 1.807) is 35.0 Å². The number of ether oxygens (including phenoxy) is 1. The molecule has 0 radical (unpaired) electrons. The summed E-state index contributed by atoms with van der Waals surface area (Å²) in [5.74, 6) is 1.59. The molecule has 0 aliphatic carbocycles. The van der Waals surface area contributed by atoms with E-state index in [4.69, 9.17) is 13.6 Å². The molecule has 3 heterocycles. The molecular formula is C42H35FN3O5P. The number of carbonyl (C=O) groups excluding carboxylic acids is 2. The highest BCUT2D eigenvalue weighted by Crippen LogP contribution is 2.42. The molecule has 1 amide bonds. The first-order chi connectivity index (χ1) is 25.4. The molecule has 0 N–H and O–H groups in total. The van der Waals surface area contributed by atoms with Gasteiger partial charge in [-0.05, 0) is 78.3 Å². The molecule has 1 atom stereocenters. The van der Waals surface area contributed by atoms with Crippen molar-refractivity contribution >= 4 is 19.9 Å². The summed E-state index contributed by atoms with van der Waals surface area (Å²) in [5.41, 5.74) is 4.13. The van der Waals surface area contributed by atoms with E-state index >= 15 is 4.39 Å². The first-order valence-corrected chi connectivity index (χ1v) is 18.1. The third-order valence-corrected chi connectivity index (χ3v) is 9.88. The number of aryl methyl sites for hydroxylation is 1. The molecule has 52 heavy (non-hydrogen) atoms. The number of carbonyl (C=O) groups is 2. The van der Waals surface area contributed by atoms with Gasteiger partial charge in [0.25, 0.3) is 11.8 Å². The van der Waals surface area contributed by atoms with Crippen molar-refractivity contribution in [1.82, 2.24) is 15.1 Å². The van der Waals surface area contributed by atoms with E-state index < -0.39 is 5.82 Å². The topological polar surface area (TPSA) is 98.7 Å². The fourth-order valence-electron chi connectivity index (χ4n) is 6.11. The lowest BCUT2D eigenvalue weighted by Gasteiger charge is -2.24. The molecule has 0 aliphatic rings. The normalized spacial score (nSPS) is 11.2. The Hall–Kier alpha value is -6.05. The number of ketones is 1. The van der Waals surface area contributed by atoms with Gasteiger partial charge in [0.15, 0.2) is 11.5 Å². The second-order valence-electron chi connectivity index (χ2n) is 12.1. The van der Waals surface area contributed by atoms with Crippen molar-refractivity contribution in [2.75, 3.05) is 6.61 Å². The van der Waals surface area contributed by atoms with Crippen LogP contribution in [0.2, 0.25) is 0 Å². The Morgan fingerprint density at radius 3 is 2.15 bits per heavy atom. The molecule has 8 nitrogen and oxygen atoms in total. The maximum atomic E-state index is 16.3. The summed E-state index contributed by atoms with van der Waals surface area (Å²) in [6.45, 7) is 4.84. The molecule has 3 aromatic heterocycles. The van der Waals surface area contributed by atoms with E-state index in [1.807, 2.05) is 86.6 Å². The molecule has 0 spiro atoms. The third kappa shape index (κ3) is 7.22. The first kappa shape index (κ1) is 34.4. The van der Waals surface area contributed by atoms with E-state index in [0.29, 0.717) is 54.0 Å². The van der Waals surface area contributed by atoms with Gasteiger partial charge < -0.3 is 18.5 Å². The molecule has 7 aromatic rings. The van der Waals surface area contributed by atoms with E-state index in [-0.39, 0.29) is 48.4 Å². The van der Waals surface area contributed by atoms with Crippen LogP contribution in [0.1, 0.15) is 56.5 Å². The summed E-state index contributed by atoms with van der Waals surface area (Å²) >= 11 is 0. The smallest absolute Gasteiger partial charge is 0.283 e. The number of hydrogen-bond acceptors (Lipinski definition) is 7. The molecule has 10 heteroatoms. The summed E-state index contributed by atoms with van der Waals surface area (Å²) < 4.78 is 33.5. The Morgan fingerprint density at radius 2 is 1.50 bits per heavy atom. The highest BCUT2D eigenvalue weighted by atomic mass is 31.0. The van der Waals surface area contributed by atoms with Crippen molar-refractivity contribution in [1.29, 1.82) is 0 Å². The summed E-state index contributed by atoms with van der Waals surface area (Å²) in [6, 6.07) is 32.7. The van der Waals surface area contributed by atoms with E-state index in [0.717, 1.165) is 16.7 Å². The fourth-order valence-corrected chi connectivity index (χ4v) is 7.37. The SMILES string of the molecule is CCOc1ccc(CC)cc1C(=O)c1c[pH]c(C(=O)N(Cc2ccccc2)Cc2ccccc2)c1-c1cc(-c2nnc(-c3ccco3)o2)ccc1F. The van der Waals surface area contributed by atoms with Gasteiger partial charge >= 0.3 is 0 Å². The van der Waals surface area contributed by atoms with Crippen LogP contribution < -0.4 is 4.74 Å². The van der Waals surface area contributed by atoms with Gasteiger partial charge in [-0.2, -0.15) is 0 Å². The Balaban J connectivity index is 1.38. The molecule has 7 rings (SSSR count). The minimum atomic E-state index is -0.606. The van der Waals surface area contributed by atoms with Gasteiger partial charge in [-0.1, -0.05) is 73.7 Å². The maximum absolute atomic E-state index is 16.3. The van der Waals surface area contributed by atoms with Crippen molar-refractivity contribution in [3.05, 3.63) is 160 Å². The van der Waals surface area contributed by atoms with E-state index in [2.05, 4.69) is 10.2 Å². The molecule has 260 valence electrons. The van der Waals surface area contributed by atoms with Gasteiger partial charge in [-0.15, -0.1) is 18.4 Å². The molecule has 0 saturated heterocycles. The molecule has 0 saturated carbocycles. The van der Waals surface area contributed by atoms with Crippen LogP contribution >= 0.6 is 8.19 Å². The Morgan fingerprint density at radius 1 is 0.788 bits per heavy atom. The summed E-state index contributed by atoms with van der Waals surface area (Å²) in [7, 11) is -0.204. The van der Waals surface area contributed by atoms with Crippen molar-refractivity contribution in [2.45, 2.75) is 33.4 Å². The minimum absolute atomic E-state index is 0.0761. The third-order valence-electron chi connectivity index (χ3n) is 8.69. The highest BCUT2D eigenvalue weighted by Gasteiger charge is 2.30. The predicted octanol–water partition coefficient (Wildman–Crippen LogP) is 9.87. The zero-order valence-corrected chi connectivity index (χ0v) is 29.6. The second-order valence-corrected chi connectivity index (χ2v) is 13.2. The maximum Gasteiger partial charge on any atom is 0.283 e. The first-order valence-electron chi connectivity index (χ1n) is 17.0. The van der Waals surface area contributed by atoms with Crippen LogP contribution in [-0.2, 0) is 19.5 Å². The van der Waals surface area contributed by atoms with Crippen LogP contribution in [0.15, 0.2) is 130 Å².